The summed E-state index contributed by atoms with van der Waals surface area (Å²) in [5.74, 6) is -0.771. The van der Waals surface area contributed by atoms with Gasteiger partial charge < -0.3 is 10.0 Å². The van der Waals surface area contributed by atoms with Crippen molar-refractivity contribution in [2.24, 2.45) is 0 Å². The number of aliphatic carboxylic acids is 1. The van der Waals surface area contributed by atoms with Crippen LogP contribution in [0.4, 0.5) is 0 Å². The number of carboxylic acid groups (broad SMARTS) is 1. The van der Waals surface area contributed by atoms with Gasteiger partial charge in [0.25, 0.3) is 0 Å². The highest BCUT2D eigenvalue weighted by molar-refractivity contribution is 5.80. The highest BCUT2D eigenvalue weighted by atomic mass is 16.4. The minimum absolute atomic E-state index is 0.0236. The highest BCUT2D eigenvalue weighted by Crippen LogP contribution is 2.25. The van der Waals surface area contributed by atoms with Gasteiger partial charge in [0.05, 0.1) is 13.1 Å². The first-order chi connectivity index (χ1) is 7.16. The Morgan fingerprint density at radius 3 is 2.60 bits per heavy atom. The third kappa shape index (κ3) is 2.28. The zero-order chi connectivity index (χ0) is 10.8. The molecule has 1 aliphatic heterocycles. The Kier molecular flexibility index (Phi) is 2.90. The maximum atomic E-state index is 11.7. The number of hydrogen-bond acceptors (Lipinski definition) is 3. The fraction of sp³-hybridized carbons (Fsp3) is 0.800. The Morgan fingerprint density at radius 2 is 2.13 bits per heavy atom. The van der Waals surface area contributed by atoms with Gasteiger partial charge in [-0.05, 0) is 19.3 Å². The van der Waals surface area contributed by atoms with Gasteiger partial charge >= 0.3 is 5.97 Å². The molecule has 0 aromatic carbocycles. The molecule has 5 nitrogen and oxygen atoms in total. The predicted molar refractivity (Wildman–Crippen MR) is 53.4 cm³/mol. The van der Waals surface area contributed by atoms with Crippen LogP contribution in [0, 0.1) is 0 Å². The number of carboxylic acids is 1. The molecule has 2 aliphatic rings. The molecular weight excluding hydrogens is 196 g/mol. The van der Waals surface area contributed by atoms with Crippen LogP contribution in [0.5, 0.6) is 0 Å². The summed E-state index contributed by atoms with van der Waals surface area (Å²) in [5.41, 5.74) is 0. The molecule has 0 bridgehead atoms. The van der Waals surface area contributed by atoms with E-state index in [0.29, 0.717) is 19.1 Å². The van der Waals surface area contributed by atoms with E-state index in [0.717, 1.165) is 12.8 Å². The van der Waals surface area contributed by atoms with E-state index in [4.69, 9.17) is 5.11 Å². The van der Waals surface area contributed by atoms with E-state index in [2.05, 4.69) is 0 Å². The largest absolute Gasteiger partial charge is 0.480 e. The number of piperazine rings is 1. The summed E-state index contributed by atoms with van der Waals surface area (Å²) >= 11 is 0. The van der Waals surface area contributed by atoms with Gasteiger partial charge in [0.1, 0.15) is 0 Å². The topological polar surface area (TPSA) is 60.9 Å². The second kappa shape index (κ2) is 4.18. The summed E-state index contributed by atoms with van der Waals surface area (Å²) in [6, 6.07) is 0.435. The van der Waals surface area contributed by atoms with Crippen LogP contribution in [0.15, 0.2) is 0 Å². The first-order valence-corrected chi connectivity index (χ1v) is 5.40. The first kappa shape index (κ1) is 10.4. The van der Waals surface area contributed by atoms with Crippen molar-refractivity contribution in [1.82, 2.24) is 9.80 Å². The molecule has 0 radical (unpaired) electrons. The van der Waals surface area contributed by atoms with Gasteiger partial charge in [0.2, 0.25) is 5.91 Å². The molecule has 0 aromatic heterocycles. The van der Waals surface area contributed by atoms with Crippen molar-refractivity contribution < 1.29 is 14.7 Å². The molecule has 1 heterocycles. The number of amides is 1. The van der Waals surface area contributed by atoms with Gasteiger partial charge in [-0.1, -0.05) is 0 Å². The van der Waals surface area contributed by atoms with Crippen LogP contribution >= 0.6 is 0 Å². The van der Waals surface area contributed by atoms with Crippen LogP contribution in [0.1, 0.15) is 19.3 Å². The third-order valence-electron chi connectivity index (χ3n) is 3.21. The lowest BCUT2D eigenvalue weighted by atomic mass is 9.91. The zero-order valence-corrected chi connectivity index (χ0v) is 8.69. The Bertz CT molecular complexity index is 276. The number of carbonyl (C=O) groups is 2. The lowest BCUT2D eigenvalue weighted by molar-refractivity contribution is -0.144. The smallest absolute Gasteiger partial charge is 0.317 e. The minimum atomic E-state index is -0.861. The molecular formula is C10H16N2O3. The minimum Gasteiger partial charge on any atom is -0.480 e. The Balaban J connectivity index is 1.85. The highest BCUT2D eigenvalue weighted by Gasteiger charge is 2.32. The van der Waals surface area contributed by atoms with Crippen molar-refractivity contribution in [3.8, 4) is 0 Å². The van der Waals surface area contributed by atoms with Crippen molar-refractivity contribution in [2.75, 3.05) is 26.2 Å². The summed E-state index contributed by atoms with van der Waals surface area (Å²) in [5, 5.41) is 8.62. The summed E-state index contributed by atoms with van der Waals surface area (Å²) in [7, 11) is 0. The predicted octanol–water partition coefficient (Wildman–Crippen LogP) is -0.232. The SMILES string of the molecule is O=C(O)CN1CCN(C2CCC2)C(=O)C1. The Morgan fingerprint density at radius 1 is 1.40 bits per heavy atom. The average Bonchev–Trinajstić information content (AvgIpc) is 2.05. The van der Waals surface area contributed by atoms with Crippen molar-refractivity contribution >= 4 is 11.9 Å². The van der Waals surface area contributed by atoms with Gasteiger partial charge in [0.15, 0.2) is 0 Å². The molecule has 1 saturated heterocycles. The Hall–Kier alpha value is -1.10. The molecule has 84 valence electrons. The van der Waals surface area contributed by atoms with Crippen LogP contribution in [-0.2, 0) is 9.59 Å². The molecule has 1 amide bonds. The van der Waals surface area contributed by atoms with Crippen LogP contribution in [0.25, 0.3) is 0 Å². The number of carbonyl (C=O) groups excluding carboxylic acids is 1. The molecule has 1 saturated carbocycles. The normalized spacial score (nSPS) is 24.0. The maximum absolute atomic E-state index is 11.7. The molecule has 2 fully saturated rings. The van der Waals surface area contributed by atoms with Crippen molar-refractivity contribution in [3.05, 3.63) is 0 Å². The molecule has 0 aromatic rings. The molecule has 1 N–H and O–H groups in total. The number of hydrogen-bond donors (Lipinski definition) is 1. The van der Waals surface area contributed by atoms with Gasteiger partial charge in [-0.15, -0.1) is 0 Å². The van der Waals surface area contributed by atoms with E-state index >= 15 is 0 Å². The second-order valence-electron chi connectivity index (χ2n) is 4.28. The molecule has 5 heteroatoms. The van der Waals surface area contributed by atoms with E-state index in [1.807, 2.05) is 4.90 Å². The van der Waals surface area contributed by atoms with Gasteiger partial charge in [-0.3, -0.25) is 14.5 Å². The summed E-state index contributed by atoms with van der Waals surface area (Å²) < 4.78 is 0. The summed E-state index contributed by atoms with van der Waals surface area (Å²) in [6.07, 6.45) is 3.45. The molecule has 15 heavy (non-hydrogen) atoms. The van der Waals surface area contributed by atoms with E-state index in [1.54, 1.807) is 4.90 Å². The van der Waals surface area contributed by atoms with Crippen molar-refractivity contribution in [2.45, 2.75) is 25.3 Å². The molecule has 0 spiro atoms. The maximum Gasteiger partial charge on any atom is 0.317 e. The van der Waals surface area contributed by atoms with Gasteiger partial charge in [-0.2, -0.15) is 0 Å². The Labute approximate surface area is 88.6 Å². The van der Waals surface area contributed by atoms with E-state index in [-0.39, 0.29) is 19.0 Å². The van der Waals surface area contributed by atoms with E-state index in [9.17, 15) is 9.59 Å². The lowest BCUT2D eigenvalue weighted by Gasteiger charge is -2.42. The lowest BCUT2D eigenvalue weighted by Crippen LogP contribution is -2.56. The monoisotopic (exact) mass is 212 g/mol. The van der Waals surface area contributed by atoms with Crippen molar-refractivity contribution in [3.63, 3.8) is 0 Å². The quantitative estimate of drug-likeness (QED) is 0.702. The average molecular weight is 212 g/mol. The molecule has 2 rings (SSSR count). The molecule has 0 atom stereocenters. The van der Waals surface area contributed by atoms with Gasteiger partial charge in [0, 0.05) is 19.1 Å². The molecule has 1 aliphatic carbocycles. The summed E-state index contributed by atoms with van der Waals surface area (Å²) in [4.78, 5) is 25.8. The number of nitrogens with zero attached hydrogens (tertiary/aromatic N) is 2. The fourth-order valence-corrected chi connectivity index (χ4v) is 2.15. The van der Waals surface area contributed by atoms with Crippen LogP contribution in [0.2, 0.25) is 0 Å². The zero-order valence-electron chi connectivity index (χ0n) is 8.69. The second-order valence-corrected chi connectivity index (χ2v) is 4.28. The van der Waals surface area contributed by atoms with Crippen LogP contribution < -0.4 is 0 Å². The first-order valence-electron chi connectivity index (χ1n) is 5.40. The third-order valence-corrected chi connectivity index (χ3v) is 3.21. The van der Waals surface area contributed by atoms with E-state index in [1.165, 1.54) is 6.42 Å². The molecule has 0 unspecified atom stereocenters. The number of rotatable bonds is 3. The van der Waals surface area contributed by atoms with Gasteiger partial charge in [-0.25, -0.2) is 0 Å². The van der Waals surface area contributed by atoms with Crippen molar-refractivity contribution in [1.29, 1.82) is 0 Å². The standard InChI is InChI=1S/C10H16N2O3/c13-9-6-11(7-10(14)15)4-5-12(9)8-2-1-3-8/h8H,1-7H2,(H,14,15). The summed E-state index contributed by atoms with van der Waals surface area (Å²) in [6.45, 7) is 1.62. The van der Waals surface area contributed by atoms with Crippen LogP contribution in [-0.4, -0.2) is 59.0 Å². The van der Waals surface area contributed by atoms with Crippen LogP contribution in [0.3, 0.4) is 0 Å². The fourth-order valence-electron chi connectivity index (χ4n) is 2.15. The van der Waals surface area contributed by atoms with E-state index < -0.39 is 5.97 Å².